The lowest BCUT2D eigenvalue weighted by molar-refractivity contribution is 0.589. The highest BCUT2D eigenvalue weighted by Crippen LogP contribution is 2.20. The van der Waals surface area contributed by atoms with Gasteiger partial charge in [-0.25, -0.2) is 8.42 Å². The molecule has 0 saturated heterocycles. The minimum atomic E-state index is -3.09. The molecule has 2 N–H and O–H groups in total. The van der Waals surface area contributed by atoms with Crippen molar-refractivity contribution >= 4 is 15.7 Å². The summed E-state index contributed by atoms with van der Waals surface area (Å²) in [5.41, 5.74) is 6.02. The summed E-state index contributed by atoms with van der Waals surface area (Å²) in [4.78, 5) is 0. The lowest BCUT2D eigenvalue weighted by atomic mass is 10.3. The van der Waals surface area contributed by atoms with E-state index in [2.05, 4.69) is 5.10 Å². The van der Waals surface area contributed by atoms with Crippen LogP contribution in [0.5, 0.6) is 0 Å². The van der Waals surface area contributed by atoms with Gasteiger partial charge in [0, 0.05) is 19.4 Å². The van der Waals surface area contributed by atoms with Gasteiger partial charge >= 0.3 is 0 Å². The van der Waals surface area contributed by atoms with E-state index in [0.29, 0.717) is 11.5 Å². The van der Waals surface area contributed by atoms with Crippen molar-refractivity contribution < 1.29 is 8.42 Å². The Kier molecular flexibility index (Phi) is 2.34. The van der Waals surface area contributed by atoms with Crippen LogP contribution in [0.3, 0.4) is 0 Å². The Hall–Kier alpha value is -1.04. The van der Waals surface area contributed by atoms with Crippen molar-refractivity contribution in [3.05, 3.63) is 11.8 Å². The van der Waals surface area contributed by atoms with Gasteiger partial charge in [0.05, 0.1) is 5.69 Å². The van der Waals surface area contributed by atoms with Crippen LogP contribution in [0.4, 0.5) is 5.82 Å². The van der Waals surface area contributed by atoms with Gasteiger partial charge in [-0.05, 0) is 6.92 Å². The number of nitrogens with zero attached hydrogens (tertiary/aromatic N) is 2. The van der Waals surface area contributed by atoms with E-state index >= 15 is 0 Å². The Bertz CT molecular complexity index is 388. The normalized spacial score (nSPS) is 14.4. The fraction of sp³-hybridized carbons (Fsp3) is 0.571. The van der Waals surface area contributed by atoms with Crippen molar-refractivity contribution in [1.82, 2.24) is 9.78 Å². The second kappa shape index (κ2) is 3.02. The number of hydrogen-bond donors (Lipinski definition) is 1. The van der Waals surface area contributed by atoms with Crippen LogP contribution in [0.2, 0.25) is 0 Å². The lowest BCUT2D eigenvalue weighted by Crippen LogP contribution is -2.08. The van der Waals surface area contributed by atoms with Gasteiger partial charge in [0.25, 0.3) is 0 Å². The van der Waals surface area contributed by atoms with Crippen molar-refractivity contribution in [1.29, 1.82) is 0 Å². The molecule has 74 valence electrons. The van der Waals surface area contributed by atoms with Gasteiger partial charge in [0.1, 0.15) is 11.1 Å². The molecule has 13 heavy (non-hydrogen) atoms. The predicted molar refractivity (Wildman–Crippen MR) is 50.9 cm³/mol. The van der Waals surface area contributed by atoms with Crippen LogP contribution in [0.25, 0.3) is 0 Å². The van der Waals surface area contributed by atoms with Gasteiger partial charge in [-0.1, -0.05) is 0 Å². The average Bonchev–Trinajstić information content (AvgIpc) is 2.29. The number of aryl methyl sites for hydroxylation is 1. The number of rotatable bonds is 2. The highest BCUT2D eigenvalue weighted by molar-refractivity contribution is 7.90. The molecule has 1 heterocycles. The van der Waals surface area contributed by atoms with Gasteiger partial charge in [-0.3, -0.25) is 4.68 Å². The largest absolute Gasteiger partial charge is 0.384 e. The molecular formula is C7H13N3O2S. The molecule has 0 aliphatic heterocycles. The highest BCUT2D eigenvalue weighted by Gasteiger charge is 2.20. The van der Waals surface area contributed by atoms with Crippen LogP contribution in [0.15, 0.2) is 6.07 Å². The van der Waals surface area contributed by atoms with Crippen molar-refractivity contribution in [2.45, 2.75) is 12.2 Å². The summed E-state index contributed by atoms with van der Waals surface area (Å²) < 4.78 is 23.8. The number of nitrogen functional groups attached to an aromatic ring is 1. The molecular weight excluding hydrogens is 190 g/mol. The van der Waals surface area contributed by atoms with Crippen LogP contribution in [-0.4, -0.2) is 24.5 Å². The second-order valence-electron chi connectivity index (χ2n) is 3.09. The van der Waals surface area contributed by atoms with E-state index in [9.17, 15) is 8.42 Å². The van der Waals surface area contributed by atoms with Crippen molar-refractivity contribution in [3.63, 3.8) is 0 Å². The number of hydrogen-bond acceptors (Lipinski definition) is 4. The number of sulfone groups is 1. The van der Waals surface area contributed by atoms with E-state index in [0.717, 1.165) is 0 Å². The first-order chi connectivity index (χ1) is 5.82. The Labute approximate surface area is 77.5 Å². The first-order valence-electron chi connectivity index (χ1n) is 3.80. The first kappa shape index (κ1) is 10.0. The van der Waals surface area contributed by atoms with Crippen LogP contribution in [-0.2, 0) is 16.9 Å². The van der Waals surface area contributed by atoms with Crippen LogP contribution in [0, 0.1) is 0 Å². The van der Waals surface area contributed by atoms with E-state index in [1.165, 1.54) is 10.9 Å². The molecule has 5 nitrogen and oxygen atoms in total. The maximum Gasteiger partial charge on any atom is 0.155 e. The predicted octanol–water partition coefficient (Wildman–Crippen LogP) is 0.108. The monoisotopic (exact) mass is 203 g/mol. The Morgan fingerprint density at radius 1 is 1.62 bits per heavy atom. The molecule has 0 aliphatic carbocycles. The molecule has 1 aromatic rings. The van der Waals surface area contributed by atoms with Gasteiger partial charge in [-0.2, -0.15) is 5.10 Å². The van der Waals surface area contributed by atoms with Crippen molar-refractivity contribution in [2.24, 2.45) is 7.05 Å². The Morgan fingerprint density at radius 2 is 2.15 bits per heavy atom. The summed E-state index contributed by atoms with van der Waals surface area (Å²) in [7, 11) is -1.42. The maximum absolute atomic E-state index is 11.2. The van der Waals surface area contributed by atoms with Crippen LogP contribution < -0.4 is 5.73 Å². The fourth-order valence-electron chi connectivity index (χ4n) is 0.923. The molecule has 0 fully saturated rings. The molecule has 0 radical (unpaired) electrons. The van der Waals surface area contributed by atoms with E-state index in [1.807, 2.05) is 0 Å². The summed E-state index contributed by atoms with van der Waals surface area (Å²) in [6.45, 7) is 1.59. The summed E-state index contributed by atoms with van der Waals surface area (Å²) in [5, 5.41) is 3.39. The third kappa shape index (κ3) is 2.00. The average molecular weight is 203 g/mol. The van der Waals surface area contributed by atoms with Gasteiger partial charge in [0.15, 0.2) is 9.84 Å². The smallest absolute Gasteiger partial charge is 0.155 e. The summed E-state index contributed by atoms with van der Waals surface area (Å²) >= 11 is 0. The van der Waals surface area contributed by atoms with Crippen LogP contribution in [0.1, 0.15) is 17.9 Å². The topological polar surface area (TPSA) is 78.0 Å². The molecule has 6 heteroatoms. The molecule has 0 aromatic carbocycles. The SMILES string of the molecule is CC(c1cc(N)n(C)n1)S(C)(=O)=O. The van der Waals surface area contributed by atoms with E-state index < -0.39 is 15.1 Å². The molecule has 0 spiro atoms. The molecule has 0 amide bonds. The van der Waals surface area contributed by atoms with Crippen LogP contribution >= 0.6 is 0 Å². The zero-order valence-electron chi connectivity index (χ0n) is 7.85. The van der Waals surface area contributed by atoms with Crippen molar-refractivity contribution in [2.75, 3.05) is 12.0 Å². The lowest BCUT2D eigenvalue weighted by Gasteiger charge is -2.03. The third-order valence-corrected chi connectivity index (χ3v) is 3.52. The zero-order chi connectivity index (χ0) is 10.2. The summed E-state index contributed by atoms with van der Waals surface area (Å²) in [5.74, 6) is 0.463. The third-order valence-electron chi connectivity index (χ3n) is 1.99. The van der Waals surface area contributed by atoms with Gasteiger partial charge in [-0.15, -0.1) is 0 Å². The van der Waals surface area contributed by atoms with E-state index in [4.69, 9.17) is 5.73 Å². The quantitative estimate of drug-likeness (QED) is 0.740. The number of anilines is 1. The van der Waals surface area contributed by atoms with E-state index in [-0.39, 0.29) is 0 Å². The van der Waals surface area contributed by atoms with E-state index in [1.54, 1.807) is 20.0 Å². The fourth-order valence-corrected chi connectivity index (χ4v) is 1.48. The first-order valence-corrected chi connectivity index (χ1v) is 5.76. The number of nitrogens with two attached hydrogens (primary N) is 1. The molecule has 0 aliphatic rings. The Morgan fingerprint density at radius 3 is 2.46 bits per heavy atom. The highest BCUT2D eigenvalue weighted by atomic mass is 32.2. The standard InChI is InChI=1S/C7H13N3O2S/c1-5(13(3,11)12)6-4-7(8)10(2)9-6/h4-5H,8H2,1-3H3. The molecule has 0 bridgehead atoms. The van der Waals surface area contributed by atoms with Gasteiger partial charge < -0.3 is 5.73 Å². The second-order valence-corrected chi connectivity index (χ2v) is 5.46. The zero-order valence-corrected chi connectivity index (χ0v) is 8.67. The minimum Gasteiger partial charge on any atom is -0.384 e. The van der Waals surface area contributed by atoms with Crippen molar-refractivity contribution in [3.8, 4) is 0 Å². The molecule has 1 aromatic heterocycles. The maximum atomic E-state index is 11.2. The molecule has 0 saturated carbocycles. The number of aromatic nitrogens is 2. The van der Waals surface area contributed by atoms with Gasteiger partial charge in [0.2, 0.25) is 0 Å². The molecule has 1 rings (SSSR count). The molecule has 1 atom stereocenters. The Balaban J connectivity index is 3.10. The minimum absolute atomic E-state index is 0.463. The summed E-state index contributed by atoms with van der Waals surface area (Å²) in [6.07, 6.45) is 1.18. The molecule has 1 unspecified atom stereocenters. The summed E-state index contributed by atoms with van der Waals surface area (Å²) in [6, 6.07) is 1.58.